The highest BCUT2D eigenvalue weighted by atomic mass is 32.2. The molecule has 3 amide bonds. The summed E-state index contributed by atoms with van der Waals surface area (Å²) >= 11 is 1.01. The molecule has 3 N–H and O–H groups in total. The van der Waals surface area contributed by atoms with Crippen LogP contribution in [-0.4, -0.2) is 31.8 Å². The second-order valence-electron chi connectivity index (χ2n) is 11.1. The number of thioether (sulfide) groups is 1. The molecule has 50 heavy (non-hydrogen) atoms. The zero-order valence-corrected chi connectivity index (χ0v) is 27.5. The van der Waals surface area contributed by atoms with Crippen molar-refractivity contribution in [2.75, 3.05) is 29.6 Å². The van der Waals surface area contributed by atoms with Crippen LogP contribution in [0.15, 0.2) is 126 Å². The minimum Gasteiger partial charge on any atom is -0.378 e. The smallest absolute Gasteiger partial charge is 0.272 e. The highest BCUT2D eigenvalue weighted by molar-refractivity contribution is 8.00. The summed E-state index contributed by atoms with van der Waals surface area (Å²) in [5, 5.41) is 6.36. The fourth-order valence-corrected chi connectivity index (χ4v) is 5.73. The lowest BCUT2D eigenvalue weighted by molar-refractivity contribution is -0.116. The molecule has 5 aromatic rings. The van der Waals surface area contributed by atoms with Crippen molar-refractivity contribution in [1.82, 2.24) is 5.32 Å². The SMILES string of the molecule is CN(C)c1ccc(/C=C(\NC(=O)c2ccccc2)C(=O)Nc2ccc(SC(C(=O)Nc3c(F)c(F)cc(F)c3F)c3ccccc3)cc2)cc1. The summed E-state index contributed by atoms with van der Waals surface area (Å²) in [6.45, 7) is 0. The van der Waals surface area contributed by atoms with E-state index < -0.39 is 51.9 Å². The topological polar surface area (TPSA) is 90.5 Å². The Morgan fingerprint density at radius 2 is 1.30 bits per heavy atom. The Hall–Kier alpha value is -5.88. The molecular formula is C38H30F4N4O3S. The van der Waals surface area contributed by atoms with E-state index in [1.54, 1.807) is 91.0 Å². The lowest BCUT2D eigenvalue weighted by Crippen LogP contribution is -2.30. The van der Waals surface area contributed by atoms with Gasteiger partial charge in [0.05, 0.1) is 0 Å². The summed E-state index contributed by atoms with van der Waals surface area (Å²) in [5.74, 6) is -8.76. The van der Waals surface area contributed by atoms with E-state index in [-0.39, 0.29) is 11.8 Å². The van der Waals surface area contributed by atoms with E-state index in [9.17, 15) is 31.9 Å². The Kier molecular flexibility index (Phi) is 11.3. The molecule has 1 unspecified atom stereocenters. The first-order valence-electron chi connectivity index (χ1n) is 15.1. The van der Waals surface area contributed by atoms with E-state index in [1.807, 2.05) is 48.6 Å². The average molecular weight is 699 g/mol. The van der Waals surface area contributed by atoms with Crippen molar-refractivity contribution in [3.8, 4) is 0 Å². The Balaban J connectivity index is 1.35. The van der Waals surface area contributed by atoms with E-state index in [2.05, 4.69) is 10.6 Å². The molecule has 0 radical (unpaired) electrons. The number of halogens is 4. The van der Waals surface area contributed by atoms with Crippen LogP contribution >= 0.6 is 11.8 Å². The van der Waals surface area contributed by atoms with Crippen LogP contribution in [0.1, 0.15) is 26.7 Å². The molecule has 0 aliphatic carbocycles. The first-order chi connectivity index (χ1) is 24.0. The summed E-state index contributed by atoms with van der Waals surface area (Å²) in [7, 11) is 3.81. The second kappa shape index (κ2) is 16.0. The first kappa shape index (κ1) is 35.4. The first-order valence-corrected chi connectivity index (χ1v) is 16.0. The summed E-state index contributed by atoms with van der Waals surface area (Å²) in [5.41, 5.74) is 1.56. The van der Waals surface area contributed by atoms with Gasteiger partial charge in [0.2, 0.25) is 5.91 Å². The zero-order valence-electron chi connectivity index (χ0n) is 26.7. The Morgan fingerprint density at radius 1 is 0.720 bits per heavy atom. The second-order valence-corrected chi connectivity index (χ2v) is 12.3. The van der Waals surface area contributed by atoms with E-state index in [4.69, 9.17) is 0 Å². The molecule has 0 aliphatic rings. The highest BCUT2D eigenvalue weighted by Crippen LogP contribution is 2.37. The van der Waals surface area contributed by atoms with Crippen molar-refractivity contribution in [3.63, 3.8) is 0 Å². The summed E-state index contributed by atoms with van der Waals surface area (Å²) in [6.07, 6.45) is 1.55. The van der Waals surface area contributed by atoms with Crippen LogP contribution in [0.2, 0.25) is 0 Å². The fraction of sp³-hybridized carbons (Fsp3) is 0.0789. The molecule has 0 aliphatic heterocycles. The number of carbonyl (C=O) groups excluding carboxylic acids is 3. The minimum atomic E-state index is -1.73. The summed E-state index contributed by atoms with van der Waals surface area (Å²) in [4.78, 5) is 42.3. The zero-order chi connectivity index (χ0) is 35.8. The van der Waals surface area contributed by atoms with Gasteiger partial charge in [-0.3, -0.25) is 14.4 Å². The Morgan fingerprint density at radius 3 is 1.88 bits per heavy atom. The van der Waals surface area contributed by atoms with Gasteiger partial charge in [0.15, 0.2) is 23.3 Å². The van der Waals surface area contributed by atoms with Crippen LogP contribution in [0.4, 0.5) is 34.6 Å². The van der Waals surface area contributed by atoms with Crippen LogP contribution in [0.5, 0.6) is 0 Å². The molecule has 0 fully saturated rings. The van der Waals surface area contributed by atoms with Crippen LogP contribution in [0, 0.1) is 23.3 Å². The van der Waals surface area contributed by atoms with Gasteiger partial charge in [-0.2, -0.15) is 0 Å². The third-order valence-corrected chi connectivity index (χ3v) is 8.58. The van der Waals surface area contributed by atoms with Crippen LogP contribution in [0.3, 0.4) is 0 Å². The summed E-state index contributed by atoms with van der Waals surface area (Å²) < 4.78 is 56.3. The molecule has 254 valence electrons. The third-order valence-electron chi connectivity index (χ3n) is 7.32. The van der Waals surface area contributed by atoms with E-state index in [0.717, 1.165) is 17.4 Å². The monoisotopic (exact) mass is 698 g/mol. The standard InChI is InChI=1S/C38H30F4N4O3S/c1-46(2)27-17-13-23(14-18-27)21-31(44-36(47)25-11-7-4-8-12-25)37(48)43-26-15-19-28(20-16-26)50-35(24-9-5-3-6-10-24)38(49)45-34-32(41)29(39)22-30(40)33(34)42/h3-22,35H,1-2H3,(H,43,48)(H,44,47)(H,45,49)/b31-21-. The molecule has 0 saturated heterocycles. The number of benzene rings is 5. The van der Waals surface area contributed by atoms with Crippen molar-refractivity contribution in [2.24, 2.45) is 0 Å². The molecular weight excluding hydrogens is 669 g/mol. The molecule has 5 aromatic carbocycles. The maximum atomic E-state index is 14.4. The number of carbonyl (C=O) groups is 3. The summed E-state index contributed by atoms with van der Waals surface area (Å²) in [6, 6.07) is 30.5. The molecule has 12 heteroatoms. The predicted octanol–water partition coefficient (Wildman–Crippen LogP) is 8.19. The van der Waals surface area contributed by atoms with Gasteiger partial charge in [-0.25, -0.2) is 17.6 Å². The van der Waals surface area contributed by atoms with Gasteiger partial charge in [0.25, 0.3) is 11.8 Å². The molecule has 0 spiro atoms. The van der Waals surface area contributed by atoms with Crippen LogP contribution in [-0.2, 0) is 9.59 Å². The number of nitrogens with zero attached hydrogens (tertiary/aromatic N) is 1. The highest BCUT2D eigenvalue weighted by Gasteiger charge is 2.27. The lowest BCUT2D eigenvalue weighted by atomic mass is 10.1. The number of anilines is 3. The average Bonchev–Trinajstić information content (AvgIpc) is 3.12. The molecule has 0 aromatic heterocycles. The number of hydrogen-bond donors (Lipinski definition) is 3. The molecule has 7 nitrogen and oxygen atoms in total. The van der Waals surface area contributed by atoms with Gasteiger partial charge in [-0.15, -0.1) is 11.8 Å². The molecule has 5 rings (SSSR count). The van der Waals surface area contributed by atoms with Gasteiger partial charge >= 0.3 is 0 Å². The van der Waals surface area contributed by atoms with Gasteiger partial charge in [-0.05, 0) is 65.7 Å². The molecule has 0 bridgehead atoms. The van der Waals surface area contributed by atoms with E-state index in [1.165, 1.54) is 0 Å². The van der Waals surface area contributed by atoms with Gasteiger partial charge in [-0.1, -0.05) is 60.7 Å². The fourth-order valence-electron chi connectivity index (χ4n) is 4.70. The maximum Gasteiger partial charge on any atom is 0.272 e. The Bertz CT molecular complexity index is 2000. The van der Waals surface area contributed by atoms with Crippen molar-refractivity contribution in [1.29, 1.82) is 0 Å². The largest absolute Gasteiger partial charge is 0.378 e. The van der Waals surface area contributed by atoms with E-state index in [0.29, 0.717) is 27.3 Å². The van der Waals surface area contributed by atoms with E-state index >= 15 is 0 Å². The molecule has 1 atom stereocenters. The number of amides is 3. The lowest BCUT2D eigenvalue weighted by Gasteiger charge is -2.18. The normalized spacial score (nSPS) is 11.8. The van der Waals surface area contributed by atoms with Crippen LogP contribution in [0.25, 0.3) is 6.08 Å². The van der Waals surface area contributed by atoms with Gasteiger partial charge < -0.3 is 20.9 Å². The van der Waals surface area contributed by atoms with Gasteiger partial charge in [0.1, 0.15) is 16.6 Å². The number of nitrogens with one attached hydrogen (secondary N) is 3. The van der Waals surface area contributed by atoms with Crippen molar-refractivity contribution < 1.29 is 31.9 Å². The van der Waals surface area contributed by atoms with Crippen LogP contribution < -0.4 is 20.9 Å². The third kappa shape index (κ3) is 8.77. The minimum absolute atomic E-state index is 0.0102. The van der Waals surface area contributed by atoms with Crippen molar-refractivity contribution in [3.05, 3.63) is 161 Å². The Labute approximate surface area is 290 Å². The van der Waals surface area contributed by atoms with Crippen molar-refractivity contribution in [2.45, 2.75) is 10.1 Å². The maximum absolute atomic E-state index is 14.4. The quantitative estimate of drug-likeness (QED) is 0.0561. The molecule has 0 saturated carbocycles. The van der Waals surface area contributed by atoms with Gasteiger partial charge in [0, 0.05) is 42.0 Å². The number of rotatable bonds is 11. The van der Waals surface area contributed by atoms with Crippen molar-refractivity contribution >= 4 is 52.6 Å². The predicted molar refractivity (Wildman–Crippen MR) is 188 cm³/mol. The number of hydrogen-bond acceptors (Lipinski definition) is 5. The molecule has 0 heterocycles.